The maximum atomic E-state index is 12.0. The van der Waals surface area contributed by atoms with Gasteiger partial charge < -0.3 is 10.1 Å². The summed E-state index contributed by atoms with van der Waals surface area (Å²) in [5.74, 6) is 0.0920. The van der Waals surface area contributed by atoms with Crippen LogP contribution in [0.2, 0.25) is 0 Å². The molecule has 1 aromatic carbocycles. The fourth-order valence-electron chi connectivity index (χ4n) is 1.38. The number of imidazole rings is 1. The molecule has 0 unspecified atom stereocenters. The highest BCUT2D eigenvalue weighted by Gasteiger charge is 2.15. The molecule has 4 heteroatoms. The summed E-state index contributed by atoms with van der Waals surface area (Å²) in [6.07, 6.45) is 3.89. The SMILES string of the molecule is O=C(/C(=C\O)c1ncc[nH]1)c1ccccc1. The van der Waals surface area contributed by atoms with E-state index in [0.717, 1.165) is 6.26 Å². The molecule has 4 nitrogen and oxygen atoms in total. The molecule has 1 aromatic heterocycles. The number of carbonyl (C=O) groups is 1. The van der Waals surface area contributed by atoms with E-state index in [9.17, 15) is 4.79 Å². The average Bonchev–Trinajstić information content (AvgIpc) is 2.85. The van der Waals surface area contributed by atoms with E-state index < -0.39 is 0 Å². The van der Waals surface area contributed by atoms with Gasteiger partial charge in [0.05, 0.1) is 11.8 Å². The van der Waals surface area contributed by atoms with E-state index in [4.69, 9.17) is 5.11 Å². The number of carbonyl (C=O) groups excluding carboxylic acids is 1. The lowest BCUT2D eigenvalue weighted by atomic mass is 10.0. The van der Waals surface area contributed by atoms with Gasteiger partial charge in [-0.15, -0.1) is 0 Å². The molecule has 2 aromatic rings. The van der Waals surface area contributed by atoms with Crippen molar-refractivity contribution in [2.24, 2.45) is 0 Å². The fourth-order valence-corrected chi connectivity index (χ4v) is 1.38. The van der Waals surface area contributed by atoms with Crippen LogP contribution < -0.4 is 0 Å². The number of ketones is 1. The van der Waals surface area contributed by atoms with Crippen LogP contribution in [0.1, 0.15) is 16.2 Å². The zero-order valence-corrected chi connectivity index (χ0v) is 8.42. The van der Waals surface area contributed by atoms with Crippen molar-refractivity contribution in [3.63, 3.8) is 0 Å². The number of aromatic nitrogens is 2. The van der Waals surface area contributed by atoms with Crippen LogP contribution in [-0.4, -0.2) is 20.9 Å². The van der Waals surface area contributed by atoms with Gasteiger partial charge in [0.25, 0.3) is 0 Å². The van der Waals surface area contributed by atoms with Gasteiger partial charge in [-0.2, -0.15) is 0 Å². The lowest BCUT2D eigenvalue weighted by molar-refractivity contribution is 0.105. The van der Waals surface area contributed by atoms with Gasteiger partial charge in [-0.3, -0.25) is 4.79 Å². The maximum Gasteiger partial charge on any atom is 0.199 e. The molecule has 16 heavy (non-hydrogen) atoms. The van der Waals surface area contributed by atoms with E-state index in [1.807, 2.05) is 6.07 Å². The van der Waals surface area contributed by atoms with E-state index in [1.165, 1.54) is 6.20 Å². The number of nitrogens with zero attached hydrogens (tertiary/aromatic N) is 1. The zero-order chi connectivity index (χ0) is 11.4. The molecule has 0 atom stereocenters. The van der Waals surface area contributed by atoms with Gasteiger partial charge in [0, 0.05) is 18.0 Å². The summed E-state index contributed by atoms with van der Waals surface area (Å²) >= 11 is 0. The Morgan fingerprint density at radius 1 is 1.31 bits per heavy atom. The second kappa shape index (κ2) is 4.44. The largest absolute Gasteiger partial charge is 0.515 e. The molecule has 0 amide bonds. The molecule has 80 valence electrons. The fraction of sp³-hybridized carbons (Fsp3) is 0. The molecule has 0 aliphatic rings. The first-order valence-electron chi connectivity index (χ1n) is 4.77. The monoisotopic (exact) mass is 214 g/mol. The molecule has 0 saturated heterocycles. The highest BCUT2D eigenvalue weighted by molar-refractivity contribution is 6.27. The second-order valence-corrected chi connectivity index (χ2v) is 3.18. The highest BCUT2D eigenvalue weighted by atomic mass is 16.2. The van der Waals surface area contributed by atoms with Crippen molar-refractivity contribution in [2.75, 3.05) is 0 Å². The van der Waals surface area contributed by atoms with Crippen molar-refractivity contribution in [1.82, 2.24) is 9.97 Å². The Bertz CT molecular complexity index is 501. The molecule has 2 rings (SSSR count). The Hall–Kier alpha value is -2.36. The quantitative estimate of drug-likeness (QED) is 0.467. The van der Waals surface area contributed by atoms with E-state index in [-0.39, 0.29) is 11.4 Å². The molecular weight excluding hydrogens is 204 g/mol. The Morgan fingerprint density at radius 3 is 2.62 bits per heavy atom. The van der Waals surface area contributed by atoms with Gasteiger partial charge in [0.15, 0.2) is 5.78 Å². The predicted octanol–water partition coefficient (Wildman–Crippen LogP) is 2.19. The van der Waals surface area contributed by atoms with Crippen LogP contribution in [0, 0.1) is 0 Å². The summed E-state index contributed by atoms with van der Waals surface area (Å²) in [7, 11) is 0. The van der Waals surface area contributed by atoms with Gasteiger partial charge in [-0.1, -0.05) is 30.3 Å². The third-order valence-corrected chi connectivity index (χ3v) is 2.16. The molecule has 0 aliphatic carbocycles. The van der Waals surface area contributed by atoms with E-state index >= 15 is 0 Å². The van der Waals surface area contributed by atoms with Gasteiger partial charge in [-0.25, -0.2) is 4.98 Å². The van der Waals surface area contributed by atoms with Crippen LogP contribution in [0.5, 0.6) is 0 Å². The van der Waals surface area contributed by atoms with Crippen molar-refractivity contribution < 1.29 is 9.90 Å². The van der Waals surface area contributed by atoms with Crippen LogP contribution >= 0.6 is 0 Å². The molecule has 1 heterocycles. The van der Waals surface area contributed by atoms with Gasteiger partial charge in [0.2, 0.25) is 0 Å². The molecule has 0 bridgehead atoms. The standard InChI is InChI=1S/C12H10N2O2/c15-8-10(12-13-6-7-14-12)11(16)9-4-2-1-3-5-9/h1-8,15H,(H,13,14)/b10-8+. The van der Waals surface area contributed by atoms with Crippen LogP contribution in [-0.2, 0) is 0 Å². The van der Waals surface area contributed by atoms with Crippen molar-refractivity contribution in [3.8, 4) is 0 Å². The lowest BCUT2D eigenvalue weighted by Gasteiger charge is -2.01. The average molecular weight is 214 g/mol. The molecular formula is C12H10N2O2. The minimum absolute atomic E-state index is 0.149. The number of hydrogen-bond donors (Lipinski definition) is 2. The lowest BCUT2D eigenvalue weighted by Crippen LogP contribution is -2.04. The smallest absolute Gasteiger partial charge is 0.199 e. The van der Waals surface area contributed by atoms with Gasteiger partial charge in [-0.05, 0) is 0 Å². The molecule has 0 aliphatic heterocycles. The number of aliphatic hydroxyl groups is 1. The highest BCUT2D eigenvalue weighted by Crippen LogP contribution is 2.15. The maximum absolute atomic E-state index is 12.0. The second-order valence-electron chi connectivity index (χ2n) is 3.18. The number of hydrogen-bond acceptors (Lipinski definition) is 3. The number of H-pyrrole nitrogens is 1. The normalized spacial score (nSPS) is 11.4. The number of nitrogens with one attached hydrogen (secondary N) is 1. The van der Waals surface area contributed by atoms with Crippen molar-refractivity contribution >= 4 is 11.4 Å². The molecule has 0 saturated carbocycles. The minimum atomic E-state index is -0.266. The Kier molecular flexibility index (Phi) is 2.82. The molecule has 0 spiro atoms. The van der Waals surface area contributed by atoms with E-state index in [1.54, 1.807) is 30.5 Å². The first-order valence-corrected chi connectivity index (χ1v) is 4.77. The zero-order valence-electron chi connectivity index (χ0n) is 8.42. The van der Waals surface area contributed by atoms with E-state index in [2.05, 4.69) is 9.97 Å². The van der Waals surface area contributed by atoms with Crippen LogP contribution in [0.3, 0.4) is 0 Å². The van der Waals surface area contributed by atoms with Crippen molar-refractivity contribution in [1.29, 1.82) is 0 Å². The van der Waals surface area contributed by atoms with Crippen LogP contribution in [0.25, 0.3) is 5.57 Å². The number of rotatable bonds is 3. The Morgan fingerprint density at radius 2 is 2.06 bits per heavy atom. The summed E-state index contributed by atoms with van der Waals surface area (Å²) in [6, 6.07) is 8.74. The summed E-state index contributed by atoms with van der Waals surface area (Å²) in [5.41, 5.74) is 0.662. The third-order valence-electron chi connectivity index (χ3n) is 2.16. The summed E-state index contributed by atoms with van der Waals surface area (Å²) in [5, 5.41) is 9.09. The number of aliphatic hydroxyl groups excluding tert-OH is 1. The van der Waals surface area contributed by atoms with Crippen LogP contribution in [0.15, 0.2) is 49.0 Å². The van der Waals surface area contributed by atoms with Crippen molar-refractivity contribution in [3.05, 3.63) is 60.4 Å². The molecule has 0 radical (unpaired) electrons. The third kappa shape index (κ3) is 1.86. The topological polar surface area (TPSA) is 66.0 Å². The number of Topliss-reactive ketones (excluding diaryl/α,β-unsaturated/α-hetero) is 1. The van der Waals surface area contributed by atoms with Gasteiger partial charge in [0.1, 0.15) is 5.82 Å². The first kappa shape index (κ1) is 10.2. The summed E-state index contributed by atoms with van der Waals surface area (Å²) < 4.78 is 0. The summed E-state index contributed by atoms with van der Waals surface area (Å²) in [4.78, 5) is 18.7. The number of allylic oxidation sites excluding steroid dienone is 1. The van der Waals surface area contributed by atoms with E-state index in [0.29, 0.717) is 11.4 Å². The summed E-state index contributed by atoms with van der Waals surface area (Å²) in [6.45, 7) is 0. The van der Waals surface area contributed by atoms with Crippen molar-refractivity contribution in [2.45, 2.75) is 0 Å². The van der Waals surface area contributed by atoms with Gasteiger partial charge >= 0.3 is 0 Å². The Labute approximate surface area is 92.3 Å². The number of aromatic amines is 1. The van der Waals surface area contributed by atoms with Crippen LogP contribution in [0.4, 0.5) is 0 Å². The Balaban J connectivity index is 2.35. The molecule has 2 N–H and O–H groups in total. The molecule has 0 fully saturated rings. The number of benzene rings is 1. The predicted molar refractivity (Wildman–Crippen MR) is 60.0 cm³/mol. The first-order chi connectivity index (χ1) is 7.83. The minimum Gasteiger partial charge on any atom is -0.515 e.